The second kappa shape index (κ2) is 8.75. The van der Waals surface area contributed by atoms with Crippen LogP contribution in [0.25, 0.3) is 0 Å². The third-order valence-electron chi connectivity index (χ3n) is 1.61. The first-order valence-electron chi connectivity index (χ1n) is 5.03. The fourth-order valence-electron chi connectivity index (χ4n) is 1.11. The van der Waals surface area contributed by atoms with Crippen LogP contribution in [0.5, 0.6) is 0 Å². The molecule has 0 saturated carbocycles. The van der Waals surface area contributed by atoms with Gasteiger partial charge in [0.2, 0.25) is 5.91 Å². The molecular formula is C12H14N4O. The topological polar surface area (TPSA) is 88.7 Å². The van der Waals surface area contributed by atoms with E-state index in [9.17, 15) is 4.79 Å². The van der Waals surface area contributed by atoms with Crippen molar-refractivity contribution in [2.24, 2.45) is 0 Å². The molecule has 0 unspecified atom stereocenters. The predicted octanol–water partition coefficient (Wildman–Crippen LogP) is 2.11. The molecule has 0 fully saturated rings. The van der Waals surface area contributed by atoms with E-state index >= 15 is 0 Å². The molecule has 2 N–H and O–H groups in total. The van der Waals surface area contributed by atoms with Gasteiger partial charge < -0.3 is 10.6 Å². The van der Waals surface area contributed by atoms with Crippen LogP contribution < -0.4 is 10.6 Å². The average molecular weight is 230 g/mol. The first-order valence-corrected chi connectivity index (χ1v) is 5.03. The van der Waals surface area contributed by atoms with Crippen LogP contribution in [0.4, 0.5) is 11.4 Å². The highest BCUT2D eigenvalue weighted by molar-refractivity contribution is 5.89. The van der Waals surface area contributed by atoms with Gasteiger partial charge in [-0.05, 0) is 25.1 Å². The first kappa shape index (κ1) is 14.5. The fourth-order valence-corrected chi connectivity index (χ4v) is 1.11. The number of nitrogens with zero attached hydrogens (tertiary/aromatic N) is 2. The Bertz CT molecular complexity index is 431. The monoisotopic (exact) mass is 230 g/mol. The number of rotatable bonds is 3. The Kier molecular flexibility index (Phi) is 7.45. The van der Waals surface area contributed by atoms with Gasteiger partial charge in [-0.15, -0.1) is 0 Å². The van der Waals surface area contributed by atoms with Crippen LogP contribution in [0.2, 0.25) is 0 Å². The zero-order valence-corrected chi connectivity index (χ0v) is 9.82. The second-order valence-electron chi connectivity index (χ2n) is 3.02. The first-order chi connectivity index (χ1) is 8.13. The van der Waals surface area contributed by atoms with Crippen molar-refractivity contribution < 1.29 is 4.79 Å². The van der Waals surface area contributed by atoms with Gasteiger partial charge in [0.15, 0.2) is 12.1 Å². The number of nitrogens with one attached hydrogen (secondary N) is 2. The number of hydrogen-bond donors (Lipinski definition) is 2. The van der Waals surface area contributed by atoms with Crippen molar-refractivity contribution in [2.45, 2.75) is 13.8 Å². The Morgan fingerprint density at radius 3 is 2.35 bits per heavy atom. The number of amides is 1. The molecule has 1 aromatic rings. The van der Waals surface area contributed by atoms with E-state index in [0.717, 1.165) is 17.9 Å². The zero-order valence-electron chi connectivity index (χ0n) is 9.82. The van der Waals surface area contributed by atoms with Gasteiger partial charge in [0.05, 0.1) is 0 Å². The molecule has 0 aliphatic carbocycles. The highest BCUT2D eigenvalue weighted by Crippen LogP contribution is 2.14. The Balaban J connectivity index is 0.000000557. The lowest BCUT2D eigenvalue weighted by Crippen LogP contribution is -2.06. The molecule has 0 spiro atoms. The molecule has 5 heteroatoms. The molecule has 0 bridgehead atoms. The Morgan fingerprint density at radius 2 is 1.88 bits per heavy atom. The molecule has 0 aliphatic heterocycles. The quantitative estimate of drug-likeness (QED) is 0.832. The standard InChI is InChI=1S/C10H14N2O.C2N2/c1-3-11-9-5-4-6-10(7-9)12-8(2)13;3-1-2-4/h4-7,11H,3H2,1-2H3,(H,12,13);. The fraction of sp³-hybridized carbons (Fsp3) is 0.250. The lowest BCUT2D eigenvalue weighted by atomic mass is 10.2. The van der Waals surface area contributed by atoms with Gasteiger partial charge in [0.25, 0.3) is 0 Å². The number of hydrogen-bond acceptors (Lipinski definition) is 4. The molecular weight excluding hydrogens is 216 g/mol. The molecule has 1 amide bonds. The number of anilines is 2. The maximum Gasteiger partial charge on any atom is 0.221 e. The zero-order chi connectivity index (χ0) is 13.1. The van der Waals surface area contributed by atoms with Crippen LogP contribution >= 0.6 is 0 Å². The van der Waals surface area contributed by atoms with E-state index in [-0.39, 0.29) is 5.91 Å². The molecule has 0 radical (unpaired) electrons. The van der Waals surface area contributed by atoms with Crippen LogP contribution in [0.1, 0.15) is 13.8 Å². The highest BCUT2D eigenvalue weighted by Gasteiger charge is 1.95. The van der Waals surface area contributed by atoms with E-state index in [1.807, 2.05) is 31.2 Å². The largest absolute Gasteiger partial charge is 0.385 e. The van der Waals surface area contributed by atoms with Gasteiger partial charge >= 0.3 is 0 Å². The number of nitriles is 2. The van der Waals surface area contributed by atoms with Crippen LogP contribution in [0, 0.1) is 22.7 Å². The minimum atomic E-state index is -0.0475. The van der Waals surface area contributed by atoms with Gasteiger partial charge in [-0.2, -0.15) is 10.5 Å². The summed E-state index contributed by atoms with van der Waals surface area (Å²) in [6.45, 7) is 4.41. The molecule has 5 nitrogen and oxygen atoms in total. The lowest BCUT2D eigenvalue weighted by Gasteiger charge is -2.06. The maximum absolute atomic E-state index is 10.8. The van der Waals surface area contributed by atoms with Gasteiger partial charge in [-0.3, -0.25) is 4.79 Å². The SMILES string of the molecule is CCNc1cccc(NC(C)=O)c1.N#CC#N. The molecule has 0 saturated heterocycles. The Morgan fingerprint density at radius 1 is 1.29 bits per heavy atom. The van der Waals surface area contributed by atoms with E-state index in [1.165, 1.54) is 19.1 Å². The molecule has 0 atom stereocenters. The van der Waals surface area contributed by atoms with Crippen molar-refractivity contribution in [1.29, 1.82) is 10.5 Å². The van der Waals surface area contributed by atoms with Crippen LogP contribution in [-0.2, 0) is 4.79 Å². The van der Waals surface area contributed by atoms with Crippen molar-refractivity contribution in [3.8, 4) is 12.1 Å². The van der Waals surface area contributed by atoms with Crippen LogP contribution in [0.15, 0.2) is 24.3 Å². The molecule has 0 heterocycles. The maximum atomic E-state index is 10.8. The summed E-state index contributed by atoms with van der Waals surface area (Å²) in [4.78, 5) is 10.8. The number of carbonyl (C=O) groups excluding carboxylic acids is 1. The van der Waals surface area contributed by atoms with Gasteiger partial charge in [0.1, 0.15) is 0 Å². The van der Waals surface area contributed by atoms with Gasteiger partial charge in [0, 0.05) is 24.8 Å². The molecule has 1 rings (SSSR count). The summed E-state index contributed by atoms with van der Waals surface area (Å²) >= 11 is 0. The summed E-state index contributed by atoms with van der Waals surface area (Å²) in [6, 6.07) is 10.1. The van der Waals surface area contributed by atoms with Crippen molar-refractivity contribution in [3.63, 3.8) is 0 Å². The smallest absolute Gasteiger partial charge is 0.221 e. The number of benzene rings is 1. The Labute approximate surface area is 101 Å². The number of carbonyl (C=O) groups is 1. The predicted molar refractivity (Wildman–Crippen MR) is 66.1 cm³/mol. The minimum Gasteiger partial charge on any atom is -0.385 e. The van der Waals surface area contributed by atoms with Crippen molar-refractivity contribution in [1.82, 2.24) is 0 Å². The normalized spacial score (nSPS) is 7.76. The highest BCUT2D eigenvalue weighted by atomic mass is 16.1. The van der Waals surface area contributed by atoms with Crippen LogP contribution in [-0.4, -0.2) is 12.5 Å². The third kappa shape index (κ3) is 7.40. The van der Waals surface area contributed by atoms with Crippen molar-refractivity contribution in [2.75, 3.05) is 17.2 Å². The summed E-state index contributed by atoms with van der Waals surface area (Å²) in [6.07, 6.45) is 0. The van der Waals surface area contributed by atoms with E-state index in [4.69, 9.17) is 10.5 Å². The van der Waals surface area contributed by atoms with E-state index in [2.05, 4.69) is 10.6 Å². The third-order valence-corrected chi connectivity index (χ3v) is 1.61. The second-order valence-corrected chi connectivity index (χ2v) is 3.02. The van der Waals surface area contributed by atoms with E-state index in [1.54, 1.807) is 0 Å². The molecule has 1 aromatic carbocycles. The van der Waals surface area contributed by atoms with Gasteiger partial charge in [-0.1, -0.05) is 6.07 Å². The minimum absolute atomic E-state index is 0.0475. The van der Waals surface area contributed by atoms with E-state index < -0.39 is 0 Å². The summed E-state index contributed by atoms with van der Waals surface area (Å²) in [5.41, 5.74) is 1.85. The summed E-state index contributed by atoms with van der Waals surface area (Å²) < 4.78 is 0. The van der Waals surface area contributed by atoms with E-state index in [0.29, 0.717) is 0 Å². The van der Waals surface area contributed by atoms with Crippen molar-refractivity contribution >= 4 is 17.3 Å². The lowest BCUT2D eigenvalue weighted by molar-refractivity contribution is -0.114. The average Bonchev–Trinajstić information content (AvgIpc) is 2.29. The molecule has 0 aromatic heterocycles. The summed E-state index contributed by atoms with van der Waals surface area (Å²) in [7, 11) is 0. The van der Waals surface area contributed by atoms with Gasteiger partial charge in [-0.25, -0.2) is 0 Å². The molecule has 17 heavy (non-hydrogen) atoms. The molecule has 88 valence electrons. The molecule has 0 aliphatic rings. The summed E-state index contributed by atoms with van der Waals surface area (Å²) in [5, 5.41) is 20.4. The Hall–Kier alpha value is -2.53. The van der Waals surface area contributed by atoms with Crippen LogP contribution in [0.3, 0.4) is 0 Å². The summed E-state index contributed by atoms with van der Waals surface area (Å²) in [5.74, 6) is -0.0475. The van der Waals surface area contributed by atoms with Crippen molar-refractivity contribution in [3.05, 3.63) is 24.3 Å².